The minimum atomic E-state index is -1.56. The van der Waals surface area contributed by atoms with Crippen molar-refractivity contribution < 1.29 is 4.21 Å². The zero-order valence-corrected chi connectivity index (χ0v) is 21.0. The Balaban J connectivity index is 1.94. The van der Waals surface area contributed by atoms with Gasteiger partial charge in [0.05, 0.1) is 26.9 Å². The molecule has 0 spiro atoms. The van der Waals surface area contributed by atoms with Crippen LogP contribution in [0.3, 0.4) is 0 Å². The molecule has 2 aromatic carbocycles. The van der Waals surface area contributed by atoms with Gasteiger partial charge in [-0.2, -0.15) is 0 Å². The van der Waals surface area contributed by atoms with E-state index < -0.39 is 26.9 Å². The number of rotatable bonds is 8. The van der Waals surface area contributed by atoms with Gasteiger partial charge in [0, 0.05) is 0 Å². The van der Waals surface area contributed by atoms with Gasteiger partial charge in [0.1, 0.15) is 0 Å². The molecular formula is C24H34OSSi2. The van der Waals surface area contributed by atoms with E-state index in [1.165, 1.54) is 22.3 Å². The Morgan fingerprint density at radius 3 is 1.32 bits per heavy atom. The van der Waals surface area contributed by atoms with Crippen molar-refractivity contribution in [2.45, 2.75) is 52.1 Å². The molecule has 0 fully saturated rings. The van der Waals surface area contributed by atoms with Crippen LogP contribution in [0, 0.1) is 13.8 Å². The molecule has 0 aliphatic rings. The molecule has 0 N–H and O–H groups in total. The first-order valence-corrected chi connectivity index (χ1v) is 17.8. The minimum Gasteiger partial charge on any atom is -0.250 e. The number of hydrogen-bond acceptors (Lipinski definition) is 1. The minimum absolute atomic E-state index is 1.03. The molecular weight excluding hydrogens is 393 g/mol. The van der Waals surface area contributed by atoms with Gasteiger partial charge in [-0.05, 0) is 36.8 Å². The molecule has 0 saturated carbocycles. The highest BCUT2D eigenvalue weighted by atomic mass is 32.2. The maximum Gasteiger partial charge on any atom is 0.0768 e. The molecule has 0 heterocycles. The van der Waals surface area contributed by atoms with Crippen LogP contribution in [0.4, 0.5) is 0 Å². The highest BCUT2D eigenvalue weighted by molar-refractivity contribution is 7.91. The fraction of sp³-hybridized carbons (Fsp3) is 0.333. The first-order valence-electron chi connectivity index (χ1n) is 9.94. The fourth-order valence-corrected chi connectivity index (χ4v) is 10.1. The van der Waals surface area contributed by atoms with Crippen LogP contribution in [0.25, 0.3) is 0 Å². The summed E-state index contributed by atoms with van der Waals surface area (Å²) in [5, 5.41) is 3.82. The molecule has 28 heavy (non-hydrogen) atoms. The Bertz CT molecular complexity index is 776. The SMILES string of the molecule is Cc1ccc(C[Si](C)(C)/C=C/S(=O)/C=C/[Si](C)(C)Cc2ccc(C)cc2)cc1. The summed E-state index contributed by atoms with van der Waals surface area (Å²) >= 11 is 0. The van der Waals surface area contributed by atoms with Crippen molar-refractivity contribution in [3.63, 3.8) is 0 Å². The number of aryl methyl sites for hydroxylation is 2. The molecule has 0 atom stereocenters. The summed E-state index contributed by atoms with van der Waals surface area (Å²) < 4.78 is 12.5. The summed E-state index contributed by atoms with van der Waals surface area (Å²) in [6.45, 7) is 13.6. The van der Waals surface area contributed by atoms with Gasteiger partial charge in [-0.25, -0.2) is 0 Å². The second kappa shape index (κ2) is 9.81. The Labute approximate surface area is 176 Å². The average molecular weight is 427 g/mol. The third kappa shape index (κ3) is 8.25. The topological polar surface area (TPSA) is 17.1 Å². The van der Waals surface area contributed by atoms with Crippen molar-refractivity contribution in [1.82, 2.24) is 0 Å². The standard InChI is InChI=1S/C24H34OSSi2/c1-21-7-11-23(12-8-21)19-27(3,4)17-15-26(25)16-18-28(5,6)20-24-13-9-22(2)10-14-24/h7-18H,19-20H2,1-6H3/b17-15+,18-16+. The third-order valence-electron chi connectivity index (χ3n) is 4.87. The first kappa shape index (κ1) is 22.8. The zero-order chi connectivity index (χ0) is 20.8. The van der Waals surface area contributed by atoms with E-state index in [-0.39, 0.29) is 0 Å². The predicted octanol–water partition coefficient (Wildman–Crippen LogP) is 6.44. The van der Waals surface area contributed by atoms with E-state index in [4.69, 9.17) is 0 Å². The quantitative estimate of drug-likeness (QED) is 0.444. The Morgan fingerprint density at radius 2 is 1.00 bits per heavy atom. The Morgan fingerprint density at radius 1 is 0.679 bits per heavy atom. The van der Waals surface area contributed by atoms with Gasteiger partial charge in [0.15, 0.2) is 0 Å². The Kier molecular flexibility index (Phi) is 7.99. The molecule has 1 nitrogen and oxygen atoms in total. The highest BCUT2D eigenvalue weighted by Gasteiger charge is 2.19. The monoisotopic (exact) mass is 426 g/mol. The summed E-state index contributed by atoms with van der Waals surface area (Å²) in [5.74, 6) is 0. The lowest BCUT2D eigenvalue weighted by Gasteiger charge is -2.18. The van der Waals surface area contributed by atoms with Gasteiger partial charge >= 0.3 is 0 Å². The maximum absolute atomic E-state index is 12.5. The normalized spacial score (nSPS) is 13.1. The van der Waals surface area contributed by atoms with Gasteiger partial charge in [-0.1, -0.05) is 108 Å². The van der Waals surface area contributed by atoms with Gasteiger partial charge in [0.2, 0.25) is 0 Å². The molecule has 2 aromatic rings. The Hall–Kier alpha value is -1.50. The van der Waals surface area contributed by atoms with Crippen molar-refractivity contribution in [1.29, 1.82) is 0 Å². The van der Waals surface area contributed by atoms with Crippen LogP contribution >= 0.6 is 0 Å². The second-order valence-corrected chi connectivity index (χ2v) is 19.8. The molecule has 0 aliphatic heterocycles. The lowest BCUT2D eigenvalue weighted by Crippen LogP contribution is -2.27. The van der Waals surface area contributed by atoms with Crippen molar-refractivity contribution in [3.05, 3.63) is 93.0 Å². The first-order chi connectivity index (χ1) is 13.0. The molecule has 0 aromatic heterocycles. The second-order valence-electron chi connectivity index (χ2n) is 9.24. The number of hydrogen-bond donors (Lipinski definition) is 0. The lowest BCUT2D eigenvalue weighted by atomic mass is 10.2. The van der Waals surface area contributed by atoms with E-state index in [1.54, 1.807) is 0 Å². The summed E-state index contributed by atoms with van der Waals surface area (Å²) in [6, 6.07) is 19.7. The van der Waals surface area contributed by atoms with Crippen LogP contribution in [0.1, 0.15) is 22.3 Å². The molecule has 0 amide bonds. The summed E-state index contributed by atoms with van der Waals surface area (Å²) in [6.07, 6.45) is 0. The molecule has 0 saturated heterocycles. The molecule has 0 radical (unpaired) electrons. The zero-order valence-electron chi connectivity index (χ0n) is 18.2. The van der Waals surface area contributed by atoms with Crippen molar-refractivity contribution >= 4 is 26.9 Å². The summed E-state index contributed by atoms with van der Waals surface area (Å²) in [5.41, 5.74) is 9.81. The summed E-state index contributed by atoms with van der Waals surface area (Å²) in [7, 11) is -4.15. The van der Waals surface area contributed by atoms with Crippen molar-refractivity contribution in [2.24, 2.45) is 0 Å². The van der Waals surface area contributed by atoms with Crippen molar-refractivity contribution in [2.75, 3.05) is 0 Å². The van der Waals surface area contributed by atoms with Gasteiger partial charge < -0.3 is 0 Å². The molecule has 150 valence electrons. The van der Waals surface area contributed by atoms with Crippen LogP contribution in [-0.2, 0) is 22.9 Å². The molecule has 0 bridgehead atoms. The van der Waals surface area contributed by atoms with Gasteiger partial charge in [-0.15, -0.1) is 0 Å². The molecule has 0 aliphatic carbocycles. The van der Waals surface area contributed by atoms with Crippen LogP contribution in [0.5, 0.6) is 0 Å². The van der Waals surface area contributed by atoms with Gasteiger partial charge in [-0.3, -0.25) is 4.21 Å². The van der Waals surface area contributed by atoms with E-state index in [9.17, 15) is 4.21 Å². The summed E-state index contributed by atoms with van der Waals surface area (Å²) in [4.78, 5) is 0. The van der Waals surface area contributed by atoms with E-state index in [2.05, 4.69) is 100.0 Å². The van der Waals surface area contributed by atoms with E-state index >= 15 is 0 Å². The van der Waals surface area contributed by atoms with Gasteiger partial charge in [0.25, 0.3) is 0 Å². The molecule has 0 unspecified atom stereocenters. The van der Waals surface area contributed by atoms with Crippen molar-refractivity contribution in [3.8, 4) is 0 Å². The smallest absolute Gasteiger partial charge is 0.0768 e. The largest absolute Gasteiger partial charge is 0.250 e. The van der Waals surface area contributed by atoms with E-state index in [0.717, 1.165) is 12.1 Å². The highest BCUT2D eigenvalue weighted by Crippen LogP contribution is 2.16. The number of benzene rings is 2. The fourth-order valence-electron chi connectivity index (χ4n) is 3.13. The molecule has 4 heteroatoms. The predicted molar refractivity (Wildman–Crippen MR) is 131 cm³/mol. The van der Waals surface area contributed by atoms with E-state index in [1.807, 2.05) is 10.8 Å². The van der Waals surface area contributed by atoms with Crippen LogP contribution < -0.4 is 0 Å². The van der Waals surface area contributed by atoms with Crippen LogP contribution in [0.15, 0.2) is 70.7 Å². The maximum atomic E-state index is 12.5. The van der Waals surface area contributed by atoms with E-state index in [0.29, 0.717) is 0 Å². The lowest BCUT2D eigenvalue weighted by molar-refractivity contribution is 0.693. The molecule has 2 rings (SSSR count). The van der Waals surface area contributed by atoms with Crippen LogP contribution in [0.2, 0.25) is 26.2 Å². The van der Waals surface area contributed by atoms with Crippen LogP contribution in [-0.4, -0.2) is 20.4 Å². The average Bonchev–Trinajstić information content (AvgIpc) is 2.62. The third-order valence-corrected chi connectivity index (χ3v) is 10.9.